The fraction of sp³-hybridized carbons (Fsp3) is 0.323. The van der Waals surface area contributed by atoms with Gasteiger partial charge in [0.15, 0.2) is 11.6 Å². The molecule has 7 rings (SSSR count). The highest BCUT2D eigenvalue weighted by molar-refractivity contribution is 6.03. The molecule has 0 radical (unpaired) electrons. The molecule has 214 valence electrons. The summed E-state index contributed by atoms with van der Waals surface area (Å²) in [6.45, 7) is 2.35. The lowest BCUT2D eigenvalue weighted by molar-refractivity contribution is 0.107. The Labute approximate surface area is 239 Å². The SMILES string of the molecule is C#Cc1c(F)ccc2cc(O)cc(-c3ncc4c(N5CC=CCN5)nc(OC[C@@]56CCCN5C[C@H](F)C6)nc4c3F)c12. The third-order valence-corrected chi connectivity index (χ3v) is 8.44. The molecule has 0 saturated carbocycles. The monoisotopic (exact) mass is 572 g/mol. The van der Waals surface area contributed by atoms with Crippen molar-refractivity contribution in [2.24, 2.45) is 0 Å². The van der Waals surface area contributed by atoms with Gasteiger partial charge in [0.2, 0.25) is 0 Å². The number of phenols is 1. The van der Waals surface area contributed by atoms with Crippen LogP contribution in [0, 0.1) is 24.0 Å². The van der Waals surface area contributed by atoms with Crippen LogP contribution >= 0.6 is 0 Å². The Balaban J connectivity index is 1.38. The number of fused-ring (bicyclic) bond motifs is 3. The molecule has 2 atom stereocenters. The number of nitrogens with zero attached hydrogens (tertiary/aromatic N) is 5. The molecule has 3 aliphatic rings. The van der Waals surface area contributed by atoms with E-state index < -0.39 is 23.3 Å². The van der Waals surface area contributed by atoms with Crippen molar-refractivity contribution in [1.29, 1.82) is 0 Å². The van der Waals surface area contributed by atoms with Crippen molar-refractivity contribution in [2.45, 2.75) is 31.0 Å². The molecule has 0 bridgehead atoms. The van der Waals surface area contributed by atoms with E-state index in [4.69, 9.17) is 11.2 Å². The van der Waals surface area contributed by atoms with E-state index in [1.54, 1.807) is 5.01 Å². The van der Waals surface area contributed by atoms with E-state index in [1.807, 2.05) is 12.2 Å². The fourth-order valence-electron chi connectivity index (χ4n) is 6.53. The zero-order valence-corrected chi connectivity index (χ0v) is 22.6. The van der Waals surface area contributed by atoms with Gasteiger partial charge in [0.05, 0.1) is 23.0 Å². The number of hydrazine groups is 1. The number of halogens is 3. The summed E-state index contributed by atoms with van der Waals surface area (Å²) in [6, 6.07) is 5.35. The van der Waals surface area contributed by atoms with Gasteiger partial charge < -0.3 is 9.84 Å². The zero-order valence-electron chi connectivity index (χ0n) is 22.6. The molecule has 0 spiro atoms. The molecular formula is C31H27F3N6O2. The number of rotatable bonds is 5. The van der Waals surface area contributed by atoms with Gasteiger partial charge in [-0.2, -0.15) is 9.97 Å². The number of terminal acetylenes is 1. The summed E-state index contributed by atoms with van der Waals surface area (Å²) in [5.74, 6) is 1.10. The molecule has 2 aromatic carbocycles. The van der Waals surface area contributed by atoms with Gasteiger partial charge in [-0.05, 0) is 43.0 Å². The van der Waals surface area contributed by atoms with Gasteiger partial charge in [-0.15, -0.1) is 6.42 Å². The van der Waals surface area contributed by atoms with E-state index in [0.717, 1.165) is 19.4 Å². The van der Waals surface area contributed by atoms with Gasteiger partial charge in [-0.3, -0.25) is 14.9 Å². The molecule has 42 heavy (non-hydrogen) atoms. The number of hydrogen-bond acceptors (Lipinski definition) is 8. The molecule has 5 heterocycles. The Hall–Kier alpha value is -4.40. The number of benzene rings is 2. The molecule has 11 heteroatoms. The van der Waals surface area contributed by atoms with E-state index >= 15 is 4.39 Å². The molecule has 2 aromatic heterocycles. The quantitative estimate of drug-likeness (QED) is 0.264. The van der Waals surface area contributed by atoms with Crippen LogP contribution in [-0.4, -0.2) is 69.5 Å². The Bertz CT molecular complexity index is 1810. The number of phenolic OH excluding ortho intramolecular Hbond substituents is 1. The van der Waals surface area contributed by atoms with Crippen LogP contribution in [0.25, 0.3) is 32.9 Å². The Morgan fingerprint density at radius 3 is 2.90 bits per heavy atom. The van der Waals surface area contributed by atoms with E-state index in [0.29, 0.717) is 42.6 Å². The summed E-state index contributed by atoms with van der Waals surface area (Å²) in [4.78, 5) is 15.6. The first kappa shape index (κ1) is 26.5. The molecule has 8 nitrogen and oxygen atoms in total. The lowest BCUT2D eigenvalue weighted by atomic mass is 9.95. The van der Waals surface area contributed by atoms with Crippen LogP contribution in [0.1, 0.15) is 24.8 Å². The van der Waals surface area contributed by atoms with E-state index in [1.165, 1.54) is 30.5 Å². The van der Waals surface area contributed by atoms with Crippen LogP contribution in [0.2, 0.25) is 0 Å². The summed E-state index contributed by atoms with van der Waals surface area (Å²) >= 11 is 0. The largest absolute Gasteiger partial charge is 0.508 e. The van der Waals surface area contributed by atoms with Crippen molar-refractivity contribution in [1.82, 2.24) is 25.3 Å². The first-order valence-electron chi connectivity index (χ1n) is 13.8. The maximum Gasteiger partial charge on any atom is 0.319 e. The third-order valence-electron chi connectivity index (χ3n) is 8.44. The number of alkyl halides is 1. The molecular weight excluding hydrogens is 545 g/mol. The average molecular weight is 573 g/mol. The second-order valence-corrected chi connectivity index (χ2v) is 11.0. The van der Waals surface area contributed by atoms with Gasteiger partial charge in [0.25, 0.3) is 0 Å². The first-order valence-corrected chi connectivity index (χ1v) is 13.8. The maximum absolute atomic E-state index is 16.5. The number of nitrogens with one attached hydrogen (secondary N) is 1. The Morgan fingerprint density at radius 1 is 1.21 bits per heavy atom. The lowest BCUT2D eigenvalue weighted by Gasteiger charge is -2.31. The maximum atomic E-state index is 16.5. The van der Waals surface area contributed by atoms with Crippen molar-refractivity contribution in [2.75, 3.05) is 37.8 Å². The second kappa shape index (κ2) is 10.2. The minimum atomic E-state index is -0.924. The number of pyridine rings is 1. The van der Waals surface area contributed by atoms with Crippen molar-refractivity contribution < 1.29 is 23.0 Å². The average Bonchev–Trinajstić information content (AvgIpc) is 3.52. The highest BCUT2D eigenvalue weighted by Gasteiger charge is 2.49. The standard InChI is InChI=1S/C31H27F3N6O2/c1-2-21-24(33)7-6-18-12-20(41)13-22(25(18)21)27-26(34)28-23(15-35-27)29(40-11-4-3-9-36-40)38-30(37-28)42-17-31-8-5-10-39(31)16-19(32)14-31/h1,3-4,6-7,12-13,15,19,36,41H,5,8-11,14,16-17H2/t19-,31+/m1/s1. The molecule has 4 aromatic rings. The minimum Gasteiger partial charge on any atom is -0.508 e. The molecule has 2 N–H and O–H groups in total. The van der Waals surface area contributed by atoms with Crippen molar-refractivity contribution in [3.8, 4) is 35.4 Å². The summed E-state index contributed by atoms with van der Waals surface area (Å²) < 4.78 is 51.7. The van der Waals surface area contributed by atoms with Gasteiger partial charge >= 0.3 is 6.01 Å². The Kier molecular flexibility index (Phi) is 6.40. The van der Waals surface area contributed by atoms with E-state index in [2.05, 4.69) is 31.2 Å². The van der Waals surface area contributed by atoms with Crippen LogP contribution < -0.4 is 15.2 Å². The van der Waals surface area contributed by atoms with Crippen LogP contribution in [0.5, 0.6) is 11.8 Å². The second-order valence-electron chi connectivity index (χ2n) is 11.0. The normalized spacial score (nSPS) is 22.1. The summed E-state index contributed by atoms with van der Waals surface area (Å²) in [6.07, 6.45) is 12.2. The van der Waals surface area contributed by atoms with E-state index in [9.17, 15) is 13.9 Å². The first-order chi connectivity index (χ1) is 20.4. The van der Waals surface area contributed by atoms with Crippen molar-refractivity contribution in [3.63, 3.8) is 0 Å². The van der Waals surface area contributed by atoms with Gasteiger partial charge in [0.1, 0.15) is 35.6 Å². The predicted octanol–water partition coefficient (Wildman–Crippen LogP) is 4.65. The molecule has 0 unspecified atom stereocenters. The highest BCUT2D eigenvalue weighted by atomic mass is 19.1. The molecule has 2 saturated heterocycles. The van der Waals surface area contributed by atoms with Crippen LogP contribution in [0.4, 0.5) is 19.0 Å². The number of hydrogen-bond donors (Lipinski definition) is 2. The fourth-order valence-corrected chi connectivity index (χ4v) is 6.53. The number of ether oxygens (including phenoxy) is 1. The number of aromatic hydroxyl groups is 1. The third kappa shape index (κ3) is 4.30. The van der Waals surface area contributed by atoms with Gasteiger partial charge in [-0.25, -0.2) is 18.6 Å². The van der Waals surface area contributed by atoms with Crippen LogP contribution in [-0.2, 0) is 0 Å². The minimum absolute atomic E-state index is 0.0513. The summed E-state index contributed by atoms with van der Waals surface area (Å²) in [5, 5.41) is 13.2. The molecule has 3 aliphatic heterocycles. The topological polar surface area (TPSA) is 86.6 Å². The van der Waals surface area contributed by atoms with Crippen LogP contribution in [0.15, 0.2) is 42.6 Å². The van der Waals surface area contributed by atoms with Gasteiger partial charge in [0, 0.05) is 36.7 Å². The Morgan fingerprint density at radius 2 is 2.10 bits per heavy atom. The summed E-state index contributed by atoms with van der Waals surface area (Å²) in [5.41, 5.74) is 2.59. The number of anilines is 1. The van der Waals surface area contributed by atoms with Crippen LogP contribution in [0.3, 0.4) is 0 Å². The summed E-state index contributed by atoms with van der Waals surface area (Å²) in [7, 11) is 0. The lowest BCUT2D eigenvalue weighted by Crippen LogP contribution is -2.44. The number of aromatic nitrogens is 3. The van der Waals surface area contributed by atoms with Crippen molar-refractivity contribution >= 4 is 27.5 Å². The highest BCUT2D eigenvalue weighted by Crippen LogP contribution is 2.41. The molecule has 0 aliphatic carbocycles. The van der Waals surface area contributed by atoms with E-state index in [-0.39, 0.29) is 46.1 Å². The van der Waals surface area contributed by atoms with Gasteiger partial charge in [-0.1, -0.05) is 24.1 Å². The molecule has 2 fully saturated rings. The zero-order chi connectivity index (χ0) is 29.0. The molecule has 0 amide bonds. The van der Waals surface area contributed by atoms with Crippen molar-refractivity contribution in [3.05, 3.63) is 59.8 Å². The smallest absolute Gasteiger partial charge is 0.319 e. The predicted molar refractivity (Wildman–Crippen MR) is 153 cm³/mol.